The number of rotatable bonds is 2. The molecule has 74 valence electrons. The van der Waals surface area contributed by atoms with Crippen molar-refractivity contribution in [1.29, 1.82) is 0 Å². The fourth-order valence-corrected chi connectivity index (χ4v) is 0.667. The Hall–Kier alpha value is 0.540. The standard InChI is InChI=1S/C6H15N.C2H6.2ClH/c1-5(2)7-6(3)4;1-2;;/h5-7H,1-4H3;1-2H3;2*1H. The second-order valence-corrected chi connectivity index (χ2v) is 2.48. The van der Waals surface area contributed by atoms with Crippen molar-refractivity contribution in [2.24, 2.45) is 0 Å². The maximum Gasteiger partial charge on any atom is 0.00127 e. The van der Waals surface area contributed by atoms with Crippen molar-refractivity contribution >= 4 is 24.8 Å². The molecular weight excluding hydrogens is 181 g/mol. The quantitative estimate of drug-likeness (QED) is 0.727. The third kappa shape index (κ3) is 37.3. The molecule has 0 atom stereocenters. The van der Waals surface area contributed by atoms with Gasteiger partial charge in [-0.1, -0.05) is 41.5 Å². The summed E-state index contributed by atoms with van der Waals surface area (Å²) in [6.07, 6.45) is 0. The van der Waals surface area contributed by atoms with Gasteiger partial charge in [-0.15, -0.1) is 24.8 Å². The van der Waals surface area contributed by atoms with Crippen LogP contribution in [-0.4, -0.2) is 12.1 Å². The number of hydrogen-bond acceptors (Lipinski definition) is 1. The van der Waals surface area contributed by atoms with E-state index in [1.807, 2.05) is 13.8 Å². The Morgan fingerprint density at radius 3 is 0.909 bits per heavy atom. The molecule has 0 aromatic heterocycles. The van der Waals surface area contributed by atoms with Crippen LogP contribution < -0.4 is 5.32 Å². The first kappa shape index (κ1) is 22.5. The molecule has 0 fully saturated rings. The van der Waals surface area contributed by atoms with Crippen LogP contribution in [-0.2, 0) is 0 Å². The SMILES string of the molecule is CC.CC(C)NC(C)C.Cl.Cl. The molecule has 0 aliphatic rings. The number of nitrogens with one attached hydrogen (secondary N) is 1. The van der Waals surface area contributed by atoms with E-state index in [0.717, 1.165) is 0 Å². The summed E-state index contributed by atoms with van der Waals surface area (Å²) in [5.74, 6) is 0. The van der Waals surface area contributed by atoms with Crippen molar-refractivity contribution in [3.05, 3.63) is 0 Å². The molecule has 0 heterocycles. The predicted molar refractivity (Wildman–Crippen MR) is 59.3 cm³/mol. The van der Waals surface area contributed by atoms with Gasteiger partial charge in [-0.2, -0.15) is 0 Å². The van der Waals surface area contributed by atoms with E-state index in [1.54, 1.807) is 0 Å². The molecule has 0 aliphatic heterocycles. The van der Waals surface area contributed by atoms with Crippen molar-refractivity contribution in [2.75, 3.05) is 0 Å². The molecule has 0 saturated carbocycles. The second kappa shape index (κ2) is 16.9. The number of halogens is 2. The Balaban J connectivity index is -0.0000000564. The highest BCUT2D eigenvalue weighted by Gasteiger charge is 1.92. The zero-order valence-corrected chi connectivity index (χ0v) is 10.1. The molecule has 0 amide bonds. The molecule has 1 nitrogen and oxygen atoms in total. The van der Waals surface area contributed by atoms with E-state index < -0.39 is 0 Å². The molecule has 0 saturated heterocycles. The zero-order chi connectivity index (χ0) is 7.86. The van der Waals surface area contributed by atoms with Gasteiger partial charge in [0.2, 0.25) is 0 Å². The van der Waals surface area contributed by atoms with Crippen LogP contribution in [0.25, 0.3) is 0 Å². The highest BCUT2D eigenvalue weighted by atomic mass is 35.5. The van der Waals surface area contributed by atoms with Crippen LogP contribution in [0.4, 0.5) is 0 Å². The van der Waals surface area contributed by atoms with Crippen LogP contribution in [0, 0.1) is 0 Å². The van der Waals surface area contributed by atoms with Gasteiger partial charge >= 0.3 is 0 Å². The average Bonchev–Trinajstić information content (AvgIpc) is 1.68. The van der Waals surface area contributed by atoms with E-state index in [4.69, 9.17) is 0 Å². The summed E-state index contributed by atoms with van der Waals surface area (Å²) < 4.78 is 0. The van der Waals surface area contributed by atoms with Gasteiger partial charge in [0.1, 0.15) is 0 Å². The van der Waals surface area contributed by atoms with Gasteiger partial charge in [-0.3, -0.25) is 0 Å². The number of hydrogen-bond donors (Lipinski definition) is 1. The van der Waals surface area contributed by atoms with Gasteiger partial charge in [0, 0.05) is 12.1 Å². The molecule has 0 bridgehead atoms. The summed E-state index contributed by atoms with van der Waals surface area (Å²) in [4.78, 5) is 0. The molecule has 0 aliphatic carbocycles. The van der Waals surface area contributed by atoms with Crippen molar-refractivity contribution in [1.82, 2.24) is 5.32 Å². The molecule has 0 spiro atoms. The van der Waals surface area contributed by atoms with Crippen LogP contribution in [0.5, 0.6) is 0 Å². The van der Waals surface area contributed by atoms with Gasteiger partial charge in [-0.05, 0) is 0 Å². The highest BCUT2D eigenvalue weighted by molar-refractivity contribution is 5.85. The molecular formula is C8H23Cl2N. The van der Waals surface area contributed by atoms with Gasteiger partial charge in [0.15, 0.2) is 0 Å². The van der Waals surface area contributed by atoms with Crippen LogP contribution in [0.1, 0.15) is 41.5 Å². The molecule has 1 N–H and O–H groups in total. The van der Waals surface area contributed by atoms with Crippen LogP contribution in [0.3, 0.4) is 0 Å². The Morgan fingerprint density at radius 2 is 0.909 bits per heavy atom. The first-order valence-corrected chi connectivity index (χ1v) is 3.89. The van der Waals surface area contributed by atoms with Crippen LogP contribution in [0.15, 0.2) is 0 Å². The largest absolute Gasteiger partial charge is 0.312 e. The molecule has 0 unspecified atom stereocenters. The zero-order valence-electron chi connectivity index (χ0n) is 8.47. The predicted octanol–water partition coefficient (Wildman–Crippen LogP) is 3.26. The molecule has 0 aromatic rings. The molecule has 3 heteroatoms. The fourth-order valence-electron chi connectivity index (χ4n) is 0.667. The topological polar surface area (TPSA) is 12.0 Å². The normalized spacial score (nSPS) is 7.64. The van der Waals surface area contributed by atoms with E-state index >= 15 is 0 Å². The van der Waals surface area contributed by atoms with E-state index in [1.165, 1.54) is 0 Å². The molecule has 0 radical (unpaired) electrons. The van der Waals surface area contributed by atoms with E-state index in [9.17, 15) is 0 Å². The summed E-state index contributed by atoms with van der Waals surface area (Å²) in [6.45, 7) is 12.6. The summed E-state index contributed by atoms with van der Waals surface area (Å²) in [5, 5.41) is 3.31. The fraction of sp³-hybridized carbons (Fsp3) is 1.00. The summed E-state index contributed by atoms with van der Waals surface area (Å²) >= 11 is 0. The molecule has 0 aromatic carbocycles. The van der Waals surface area contributed by atoms with E-state index in [2.05, 4.69) is 33.0 Å². The lowest BCUT2D eigenvalue weighted by Crippen LogP contribution is -2.29. The average molecular weight is 204 g/mol. The Bertz CT molecular complexity index is 41.4. The monoisotopic (exact) mass is 203 g/mol. The Morgan fingerprint density at radius 1 is 0.727 bits per heavy atom. The summed E-state index contributed by atoms with van der Waals surface area (Å²) in [6, 6.07) is 1.25. The maximum atomic E-state index is 3.31. The minimum atomic E-state index is 0. The Labute approximate surface area is 84.2 Å². The van der Waals surface area contributed by atoms with Gasteiger partial charge < -0.3 is 5.32 Å². The third-order valence-corrected chi connectivity index (χ3v) is 0.667. The minimum absolute atomic E-state index is 0. The van der Waals surface area contributed by atoms with Crippen molar-refractivity contribution in [2.45, 2.75) is 53.6 Å². The third-order valence-electron chi connectivity index (χ3n) is 0.667. The minimum Gasteiger partial charge on any atom is -0.312 e. The van der Waals surface area contributed by atoms with Crippen molar-refractivity contribution < 1.29 is 0 Å². The van der Waals surface area contributed by atoms with Crippen molar-refractivity contribution in [3.8, 4) is 0 Å². The van der Waals surface area contributed by atoms with Crippen LogP contribution in [0.2, 0.25) is 0 Å². The smallest absolute Gasteiger partial charge is 0.00127 e. The highest BCUT2D eigenvalue weighted by Crippen LogP contribution is 1.80. The Kier molecular flexibility index (Phi) is 34.6. The van der Waals surface area contributed by atoms with Gasteiger partial charge in [-0.25, -0.2) is 0 Å². The van der Waals surface area contributed by atoms with Crippen LogP contribution >= 0.6 is 24.8 Å². The lowest BCUT2D eigenvalue weighted by molar-refractivity contribution is 0.518. The maximum absolute atomic E-state index is 3.31. The summed E-state index contributed by atoms with van der Waals surface area (Å²) in [5.41, 5.74) is 0. The van der Waals surface area contributed by atoms with Crippen molar-refractivity contribution in [3.63, 3.8) is 0 Å². The summed E-state index contributed by atoms with van der Waals surface area (Å²) in [7, 11) is 0. The molecule has 0 rings (SSSR count). The first-order valence-electron chi connectivity index (χ1n) is 3.89. The molecule has 11 heavy (non-hydrogen) atoms. The lowest BCUT2D eigenvalue weighted by Gasteiger charge is -2.10. The van der Waals surface area contributed by atoms with E-state index in [0.29, 0.717) is 12.1 Å². The van der Waals surface area contributed by atoms with Gasteiger partial charge in [0.05, 0.1) is 0 Å². The van der Waals surface area contributed by atoms with E-state index in [-0.39, 0.29) is 24.8 Å². The lowest BCUT2D eigenvalue weighted by atomic mass is 10.3. The second-order valence-electron chi connectivity index (χ2n) is 2.48. The first-order chi connectivity index (χ1) is 4.13. The van der Waals surface area contributed by atoms with Gasteiger partial charge in [0.25, 0.3) is 0 Å².